The molecule has 27 heavy (non-hydrogen) atoms. The third-order valence-electron chi connectivity index (χ3n) is 4.74. The van der Waals surface area contributed by atoms with Crippen molar-refractivity contribution in [3.05, 3.63) is 34.4 Å². The average molecular weight is 396 g/mol. The van der Waals surface area contributed by atoms with E-state index in [2.05, 4.69) is 0 Å². The number of nitrogens with zero attached hydrogens (tertiary/aromatic N) is 1. The molecule has 1 amide bonds. The van der Waals surface area contributed by atoms with Gasteiger partial charge in [-0.25, -0.2) is 13.2 Å². The number of hydrogen-bond donors (Lipinski definition) is 0. The van der Waals surface area contributed by atoms with Crippen LogP contribution in [0.1, 0.15) is 47.3 Å². The monoisotopic (exact) mass is 395 g/mol. The highest BCUT2D eigenvalue weighted by atomic mass is 32.2. The van der Waals surface area contributed by atoms with Crippen molar-refractivity contribution in [3.63, 3.8) is 0 Å². The lowest BCUT2D eigenvalue weighted by Crippen LogP contribution is -2.45. The molecule has 6 nitrogen and oxygen atoms in total. The summed E-state index contributed by atoms with van der Waals surface area (Å²) in [5.41, 5.74) is 3.16. The predicted octanol–water partition coefficient (Wildman–Crippen LogP) is 2.44. The Labute approximate surface area is 161 Å². The van der Waals surface area contributed by atoms with Crippen LogP contribution in [0, 0.1) is 26.7 Å². The van der Waals surface area contributed by atoms with E-state index in [9.17, 15) is 18.0 Å². The van der Waals surface area contributed by atoms with Crippen LogP contribution in [0.2, 0.25) is 0 Å². The maximum atomic E-state index is 12.7. The van der Waals surface area contributed by atoms with Gasteiger partial charge >= 0.3 is 5.97 Å². The van der Waals surface area contributed by atoms with Gasteiger partial charge in [-0.3, -0.25) is 4.79 Å². The third-order valence-corrected chi connectivity index (χ3v) is 6.49. The zero-order chi connectivity index (χ0) is 20.4. The molecule has 1 fully saturated rings. The predicted molar refractivity (Wildman–Crippen MR) is 105 cm³/mol. The van der Waals surface area contributed by atoms with Crippen molar-refractivity contribution in [3.8, 4) is 0 Å². The van der Waals surface area contributed by atoms with Crippen LogP contribution in [-0.4, -0.2) is 55.9 Å². The lowest BCUT2D eigenvalue weighted by molar-refractivity contribution is -0.137. The Bertz CT molecular complexity index is 806. The van der Waals surface area contributed by atoms with Gasteiger partial charge in [0, 0.05) is 12.6 Å². The molecule has 1 heterocycles. The molecule has 1 aliphatic heterocycles. The fourth-order valence-corrected chi connectivity index (χ4v) is 5.38. The largest absolute Gasteiger partial charge is 0.452 e. The van der Waals surface area contributed by atoms with Crippen molar-refractivity contribution in [1.82, 2.24) is 4.90 Å². The molecule has 0 saturated carbocycles. The van der Waals surface area contributed by atoms with E-state index in [-0.39, 0.29) is 36.0 Å². The second-order valence-electron chi connectivity index (χ2n) is 7.85. The van der Waals surface area contributed by atoms with Crippen molar-refractivity contribution in [2.24, 2.45) is 5.92 Å². The maximum absolute atomic E-state index is 12.7. The zero-order valence-electron chi connectivity index (χ0n) is 16.7. The first-order chi connectivity index (χ1) is 12.5. The van der Waals surface area contributed by atoms with E-state index in [1.807, 2.05) is 46.8 Å². The third kappa shape index (κ3) is 5.54. The summed E-state index contributed by atoms with van der Waals surface area (Å²) < 4.78 is 28.9. The molecule has 1 saturated heterocycles. The molecule has 7 heteroatoms. The van der Waals surface area contributed by atoms with Crippen LogP contribution in [0.4, 0.5) is 0 Å². The molecule has 0 aliphatic carbocycles. The standard InChI is InChI=1S/C20H29NO5S/c1-13(2)10-21(17-6-7-27(24,25)12-17)18(22)11-26-20(23)19-15(4)8-14(3)9-16(19)5/h8-9,13,17H,6-7,10-12H2,1-5H3/t17-/m1/s1. The number of rotatable bonds is 6. The summed E-state index contributed by atoms with van der Waals surface area (Å²) >= 11 is 0. The van der Waals surface area contributed by atoms with E-state index < -0.39 is 15.8 Å². The second kappa shape index (κ2) is 8.42. The summed E-state index contributed by atoms with van der Waals surface area (Å²) in [6.45, 7) is 9.63. The summed E-state index contributed by atoms with van der Waals surface area (Å²) in [4.78, 5) is 26.7. The van der Waals surface area contributed by atoms with Gasteiger partial charge in [-0.2, -0.15) is 0 Å². The Morgan fingerprint density at radius 1 is 1.19 bits per heavy atom. The topological polar surface area (TPSA) is 80.8 Å². The number of aryl methyl sites for hydroxylation is 3. The van der Waals surface area contributed by atoms with E-state index in [0.717, 1.165) is 16.7 Å². The van der Waals surface area contributed by atoms with E-state index >= 15 is 0 Å². The summed E-state index contributed by atoms with van der Waals surface area (Å²) in [7, 11) is -3.10. The van der Waals surface area contributed by atoms with E-state index in [0.29, 0.717) is 18.5 Å². The van der Waals surface area contributed by atoms with Gasteiger partial charge in [0.25, 0.3) is 5.91 Å². The Morgan fingerprint density at radius 3 is 2.26 bits per heavy atom. The minimum absolute atomic E-state index is 0.0183. The summed E-state index contributed by atoms with van der Waals surface area (Å²) in [6, 6.07) is 3.46. The van der Waals surface area contributed by atoms with Crippen LogP contribution >= 0.6 is 0 Å². The lowest BCUT2D eigenvalue weighted by Gasteiger charge is -2.29. The van der Waals surface area contributed by atoms with Gasteiger partial charge in [0.05, 0.1) is 17.1 Å². The van der Waals surface area contributed by atoms with E-state index in [4.69, 9.17) is 4.74 Å². The first kappa shape index (κ1) is 21.4. The van der Waals surface area contributed by atoms with Gasteiger partial charge in [-0.15, -0.1) is 0 Å². The minimum atomic E-state index is -3.10. The molecule has 0 aromatic heterocycles. The van der Waals surface area contributed by atoms with Crippen molar-refractivity contribution in [2.45, 2.75) is 47.1 Å². The highest BCUT2D eigenvalue weighted by molar-refractivity contribution is 7.91. The Hall–Kier alpha value is -1.89. The molecule has 1 aromatic rings. The highest BCUT2D eigenvalue weighted by Crippen LogP contribution is 2.20. The smallest absolute Gasteiger partial charge is 0.339 e. The Kier molecular flexibility index (Phi) is 6.68. The second-order valence-corrected chi connectivity index (χ2v) is 10.1. The first-order valence-electron chi connectivity index (χ1n) is 9.25. The number of hydrogen-bond acceptors (Lipinski definition) is 5. The van der Waals surface area contributed by atoms with Crippen molar-refractivity contribution in [2.75, 3.05) is 24.7 Å². The molecule has 0 radical (unpaired) electrons. The van der Waals surface area contributed by atoms with E-state index in [1.54, 1.807) is 4.90 Å². The van der Waals surface area contributed by atoms with Crippen LogP contribution in [0.5, 0.6) is 0 Å². The quantitative estimate of drug-likeness (QED) is 0.691. The number of esters is 1. The highest BCUT2D eigenvalue weighted by Gasteiger charge is 2.35. The Morgan fingerprint density at radius 2 is 1.78 bits per heavy atom. The normalized spacial score (nSPS) is 18.5. The number of carbonyl (C=O) groups excluding carboxylic acids is 2. The lowest BCUT2D eigenvalue weighted by atomic mass is 10.00. The molecule has 0 bridgehead atoms. The van der Waals surface area contributed by atoms with Gasteiger partial charge in [0.15, 0.2) is 16.4 Å². The molecular weight excluding hydrogens is 366 g/mol. The molecular formula is C20H29NO5S. The molecule has 1 aliphatic rings. The fraction of sp³-hybridized carbons (Fsp3) is 0.600. The summed E-state index contributed by atoms with van der Waals surface area (Å²) in [5.74, 6) is -0.602. The number of benzene rings is 1. The van der Waals surface area contributed by atoms with Gasteiger partial charge < -0.3 is 9.64 Å². The molecule has 0 unspecified atom stereocenters. The van der Waals surface area contributed by atoms with Gasteiger partial charge in [0.2, 0.25) is 0 Å². The van der Waals surface area contributed by atoms with Crippen molar-refractivity contribution in [1.29, 1.82) is 0 Å². The Balaban J connectivity index is 2.08. The van der Waals surface area contributed by atoms with Crippen LogP contribution in [0.3, 0.4) is 0 Å². The number of carbonyl (C=O) groups is 2. The molecule has 2 rings (SSSR count). The van der Waals surface area contributed by atoms with Crippen LogP contribution in [-0.2, 0) is 19.4 Å². The zero-order valence-corrected chi connectivity index (χ0v) is 17.6. The molecule has 0 N–H and O–H groups in total. The van der Waals surface area contributed by atoms with Gasteiger partial charge in [0.1, 0.15) is 0 Å². The van der Waals surface area contributed by atoms with Crippen molar-refractivity contribution >= 4 is 21.7 Å². The average Bonchev–Trinajstić information content (AvgIpc) is 2.89. The van der Waals surface area contributed by atoms with Gasteiger partial charge in [-0.05, 0) is 44.2 Å². The maximum Gasteiger partial charge on any atom is 0.339 e. The number of sulfone groups is 1. The summed E-state index contributed by atoms with van der Waals surface area (Å²) in [5, 5.41) is 0. The fourth-order valence-electron chi connectivity index (χ4n) is 3.65. The number of ether oxygens (including phenoxy) is 1. The van der Waals surface area contributed by atoms with E-state index in [1.165, 1.54) is 0 Å². The number of amides is 1. The van der Waals surface area contributed by atoms with Crippen LogP contribution < -0.4 is 0 Å². The molecule has 150 valence electrons. The SMILES string of the molecule is Cc1cc(C)c(C(=O)OCC(=O)N(CC(C)C)[C@@H]2CCS(=O)(=O)C2)c(C)c1. The van der Waals surface area contributed by atoms with Gasteiger partial charge in [-0.1, -0.05) is 31.5 Å². The van der Waals surface area contributed by atoms with Crippen LogP contribution in [0.15, 0.2) is 12.1 Å². The molecule has 1 aromatic carbocycles. The summed E-state index contributed by atoms with van der Waals surface area (Å²) in [6.07, 6.45) is 0.435. The minimum Gasteiger partial charge on any atom is -0.452 e. The molecule has 1 atom stereocenters. The molecule has 0 spiro atoms. The van der Waals surface area contributed by atoms with Crippen LogP contribution in [0.25, 0.3) is 0 Å². The first-order valence-corrected chi connectivity index (χ1v) is 11.1. The van der Waals surface area contributed by atoms with Crippen molar-refractivity contribution < 1.29 is 22.7 Å².